The van der Waals surface area contributed by atoms with Crippen molar-refractivity contribution in [3.63, 3.8) is 0 Å². The third-order valence-corrected chi connectivity index (χ3v) is 3.81. The molecule has 0 unspecified atom stereocenters. The van der Waals surface area contributed by atoms with Crippen LogP contribution in [0.25, 0.3) is 4.96 Å². The molecule has 1 amide bonds. The summed E-state index contributed by atoms with van der Waals surface area (Å²) in [4.78, 5) is 15.7. The van der Waals surface area contributed by atoms with E-state index >= 15 is 0 Å². The molecule has 7 nitrogen and oxygen atoms in total. The fourth-order valence-electron chi connectivity index (χ4n) is 1.82. The van der Waals surface area contributed by atoms with Gasteiger partial charge in [0.05, 0.1) is 0 Å². The highest BCUT2D eigenvalue weighted by Crippen LogP contribution is 2.28. The van der Waals surface area contributed by atoms with Crippen LogP contribution >= 0.6 is 11.3 Å². The van der Waals surface area contributed by atoms with Gasteiger partial charge in [-0.2, -0.15) is 22.8 Å². The molecule has 3 aromatic rings. The maximum atomic E-state index is 12.7. The van der Waals surface area contributed by atoms with E-state index < -0.39 is 12.0 Å². The molecule has 0 spiro atoms. The van der Waals surface area contributed by atoms with Gasteiger partial charge in [-0.15, -0.1) is 10.2 Å². The molecule has 0 atom stereocenters. The Kier molecular flexibility index (Phi) is 3.94. The Morgan fingerprint density at radius 1 is 1.26 bits per heavy atom. The molecule has 3 rings (SSSR count). The summed E-state index contributed by atoms with van der Waals surface area (Å²) in [7, 11) is 0. The lowest BCUT2D eigenvalue weighted by atomic mass is 10.2. The van der Waals surface area contributed by atoms with E-state index in [0.717, 1.165) is 11.3 Å². The topological polar surface area (TPSA) is 85.1 Å². The number of fused-ring (bicyclic) bond motifs is 1. The van der Waals surface area contributed by atoms with Gasteiger partial charge in [0.1, 0.15) is 5.01 Å². The predicted octanol–water partition coefficient (Wildman–Crippen LogP) is 1.57. The maximum absolute atomic E-state index is 12.7. The molecule has 0 bridgehead atoms. The highest BCUT2D eigenvalue weighted by atomic mass is 32.1. The summed E-state index contributed by atoms with van der Waals surface area (Å²) in [5, 5.41) is 13.5. The van der Waals surface area contributed by atoms with Crippen LogP contribution in [0.4, 0.5) is 13.2 Å². The summed E-state index contributed by atoms with van der Waals surface area (Å²) in [5.41, 5.74) is 0.456. The number of amides is 1. The second-order valence-electron chi connectivity index (χ2n) is 4.45. The number of hydrogen-bond acceptors (Lipinski definition) is 6. The van der Waals surface area contributed by atoms with Crippen molar-refractivity contribution < 1.29 is 18.0 Å². The minimum absolute atomic E-state index is 0.0628. The van der Waals surface area contributed by atoms with E-state index in [1.165, 1.54) is 12.4 Å². The average molecular weight is 342 g/mol. The molecule has 0 aliphatic rings. The molecule has 3 heterocycles. The number of halogens is 3. The number of hydrogen-bond donors (Lipinski definition) is 1. The average Bonchev–Trinajstić information content (AvgIpc) is 3.07. The lowest BCUT2D eigenvalue weighted by Gasteiger charge is -2.03. The fourth-order valence-corrected chi connectivity index (χ4v) is 2.66. The van der Waals surface area contributed by atoms with E-state index in [2.05, 4.69) is 25.6 Å². The van der Waals surface area contributed by atoms with E-state index in [-0.39, 0.29) is 17.4 Å². The minimum Gasteiger partial charge on any atom is -0.352 e. The Bertz CT molecular complexity index is 828. The molecule has 0 aromatic carbocycles. The van der Waals surface area contributed by atoms with Crippen molar-refractivity contribution in [2.24, 2.45) is 0 Å². The van der Waals surface area contributed by atoms with Gasteiger partial charge in [0.25, 0.3) is 11.7 Å². The largest absolute Gasteiger partial charge is 0.453 e. The summed E-state index contributed by atoms with van der Waals surface area (Å²) in [5.74, 6) is -1.44. The molecule has 0 saturated heterocycles. The standard InChI is InChI=1S/C12H9F3N6OS/c13-12(14,15)10-18-19-11-21(10)20-8(23-11)3-6-17-9(22)7-1-4-16-5-2-7/h1-2,4-5H,3,6H2,(H,17,22). The zero-order valence-corrected chi connectivity index (χ0v) is 12.2. The molecule has 0 fully saturated rings. The molecule has 11 heteroatoms. The summed E-state index contributed by atoms with van der Waals surface area (Å²) in [6.45, 7) is 0.243. The lowest BCUT2D eigenvalue weighted by molar-refractivity contribution is -0.146. The number of pyridine rings is 1. The molecule has 120 valence electrons. The molecular formula is C12H9F3N6OS. The number of aromatic nitrogens is 5. The molecule has 0 radical (unpaired) electrons. The van der Waals surface area contributed by atoms with E-state index in [0.29, 0.717) is 21.5 Å². The second-order valence-corrected chi connectivity index (χ2v) is 5.49. The van der Waals surface area contributed by atoms with Crippen molar-refractivity contribution in [3.8, 4) is 0 Å². The van der Waals surface area contributed by atoms with Crippen molar-refractivity contribution in [2.75, 3.05) is 6.54 Å². The monoisotopic (exact) mass is 342 g/mol. The van der Waals surface area contributed by atoms with Gasteiger partial charge >= 0.3 is 6.18 Å². The number of alkyl halides is 3. The van der Waals surface area contributed by atoms with E-state index in [1.807, 2.05) is 0 Å². The van der Waals surface area contributed by atoms with Crippen molar-refractivity contribution in [1.29, 1.82) is 0 Å². The zero-order valence-electron chi connectivity index (χ0n) is 11.4. The number of carbonyl (C=O) groups is 1. The number of nitrogens with one attached hydrogen (secondary N) is 1. The van der Waals surface area contributed by atoms with E-state index in [1.54, 1.807) is 12.1 Å². The third kappa shape index (κ3) is 3.28. The predicted molar refractivity (Wildman–Crippen MR) is 73.9 cm³/mol. The normalized spacial score (nSPS) is 11.8. The van der Waals surface area contributed by atoms with Crippen LogP contribution in [0.2, 0.25) is 0 Å². The molecule has 1 N–H and O–H groups in total. The fraction of sp³-hybridized carbons (Fsp3) is 0.250. The van der Waals surface area contributed by atoms with Crippen LogP contribution in [-0.4, -0.2) is 37.2 Å². The quantitative estimate of drug-likeness (QED) is 0.778. The summed E-state index contributed by atoms with van der Waals surface area (Å²) in [6, 6.07) is 3.13. The van der Waals surface area contributed by atoms with Crippen LogP contribution in [0.5, 0.6) is 0 Å². The van der Waals surface area contributed by atoms with Crippen LogP contribution in [0, 0.1) is 0 Å². The maximum Gasteiger partial charge on any atom is 0.453 e. The van der Waals surface area contributed by atoms with Gasteiger partial charge in [-0.25, -0.2) is 0 Å². The Labute approximate surface area is 131 Å². The number of nitrogens with zero attached hydrogens (tertiary/aromatic N) is 5. The summed E-state index contributed by atoms with van der Waals surface area (Å²) >= 11 is 0.999. The molecular weight excluding hydrogens is 333 g/mol. The van der Waals surface area contributed by atoms with Gasteiger partial charge in [-0.1, -0.05) is 11.3 Å². The Morgan fingerprint density at radius 2 is 2.00 bits per heavy atom. The number of rotatable bonds is 4. The molecule has 23 heavy (non-hydrogen) atoms. The van der Waals surface area contributed by atoms with Gasteiger partial charge < -0.3 is 5.32 Å². The molecule has 0 aliphatic heterocycles. The van der Waals surface area contributed by atoms with E-state index in [4.69, 9.17) is 0 Å². The van der Waals surface area contributed by atoms with Crippen LogP contribution < -0.4 is 5.32 Å². The Hall–Kier alpha value is -2.56. The molecule has 3 aromatic heterocycles. The van der Waals surface area contributed by atoms with E-state index in [9.17, 15) is 18.0 Å². The third-order valence-electron chi connectivity index (χ3n) is 2.85. The summed E-state index contributed by atoms with van der Waals surface area (Å²) < 4.78 is 38.7. The lowest BCUT2D eigenvalue weighted by Crippen LogP contribution is -2.25. The van der Waals surface area contributed by atoms with Crippen molar-refractivity contribution in [2.45, 2.75) is 12.6 Å². The first kappa shape index (κ1) is 15.3. The van der Waals surface area contributed by atoms with Gasteiger partial charge in [-0.3, -0.25) is 9.78 Å². The smallest absolute Gasteiger partial charge is 0.352 e. The highest BCUT2D eigenvalue weighted by Gasteiger charge is 2.38. The Balaban J connectivity index is 1.64. The first-order valence-electron chi connectivity index (χ1n) is 6.41. The minimum atomic E-state index is -4.61. The SMILES string of the molecule is O=C(NCCc1nn2c(C(F)(F)F)nnc2s1)c1ccncc1. The highest BCUT2D eigenvalue weighted by molar-refractivity contribution is 7.16. The Morgan fingerprint density at radius 3 is 2.70 bits per heavy atom. The van der Waals surface area contributed by atoms with Crippen molar-refractivity contribution >= 4 is 22.2 Å². The van der Waals surface area contributed by atoms with Gasteiger partial charge in [0.15, 0.2) is 0 Å². The van der Waals surface area contributed by atoms with Crippen LogP contribution in [0.15, 0.2) is 24.5 Å². The van der Waals surface area contributed by atoms with Crippen LogP contribution in [-0.2, 0) is 12.6 Å². The van der Waals surface area contributed by atoms with Gasteiger partial charge in [0.2, 0.25) is 4.96 Å². The zero-order chi connectivity index (χ0) is 16.4. The molecule has 0 saturated carbocycles. The number of carbonyl (C=O) groups excluding carboxylic acids is 1. The van der Waals surface area contributed by atoms with Crippen molar-refractivity contribution in [1.82, 2.24) is 30.1 Å². The first-order chi connectivity index (χ1) is 10.9. The van der Waals surface area contributed by atoms with Gasteiger partial charge in [-0.05, 0) is 12.1 Å². The molecule has 0 aliphatic carbocycles. The first-order valence-corrected chi connectivity index (χ1v) is 7.23. The van der Waals surface area contributed by atoms with Crippen LogP contribution in [0.3, 0.4) is 0 Å². The van der Waals surface area contributed by atoms with Gasteiger partial charge in [0, 0.05) is 30.9 Å². The summed E-state index contributed by atoms with van der Waals surface area (Å²) in [6.07, 6.45) is -1.32. The van der Waals surface area contributed by atoms with Crippen molar-refractivity contribution in [3.05, 3.63) is 40.9 Å². The second kappa shape index (κ2) is 5.91. The van der Waals surface area contributed by atoms with Crippen LogP contribution in [0.1, 0.15) is 21.2 Å².